The highest BCUT2D eigenvalue weighted by Gasteiger charge is 2.11. The van der Waals surface area contributed by atoms with Crippen molar-refractivity contribution in [3.8, 4) is 11.8 Å². The van der Waals surface area contributed by atoms with Gasteiger partial charge in [-0.25, -0.2) is 9.18 Å². The Morgan fingerprint density at radius 3 is 2.89 bits per heavy atom. The van der Waals surface area contributed by atoms with E-state index in [-0.39, 0.29) is 29.4 Å². The molecule has 2 rings (SSSR count). The van der Waals surface area contributed by atoms with E-state index in [0.29, 0.717) is 0 Å². The van der Waals surface area contributed by atoms with Crippen LogP contribution in [0.5, 0.6) is 5.75 Å². The maximum Gasteiger partial charge on any atom is 0.358 e. The molecule has 0 amide bonds. The van der Waals surface area contributed by atoms with Crippen LogP contribution in [0.2, 0.25) is 0 Å². The van der Waals surface area contributed by atoms with Crippen LogP contribution < -0.4 is 4.74 Å². The minimum absolute atomic E-state index is 0.0832. The van der Waals surface area contributed by atoms with Crippen molar-refractivity contribution in [2.24, 2.45) is 0 Å². The number of carboxylic acid groups (broad SMARTS) is 1. The molecule has 0 fully saturated rings. The molecule has 1 aromatic carbocycles. The number of aromatic carboxylic acids is 1. The van der Waals surface area contributed by atoms with Gasteiger partial charge in [-0.3, -0.25) is 0 Å². The van der Waals surface area contributed by atoms with E-state index in [1.807, 2.05) is 0 Å². The van der Waals surface area contributed by atoms with E-state index < -0.39 is 11.8 Å². The fourth-order valence-electron chi connectivity index (χ4n) is 1.31. The molecule has 0 aliphatic carbocycles. The Kier molecular flexibility index (Phi) is 3.43. The number of ether oxygens (including phenoxy) is 1. The van der Waals surface area contributed by atoms with Gasteiger partial charge in [-0.05, 0) is 12.1 Å². The van der Waals surface area contributed by atoms with Crippen molar-refractivity contribution >= 4 is 5.97 Å². The summed E-state index contributed by atoms with van der Waals surface area (Å²) in [4.78, 5) is 10.6. The fraction of sp³-hybridized carbons (Fsp3) is 0.0833. The summed E-state index contributed by atoms with van der Waals surface area (Å²) < 4.78 is 23.2. The second-order valence-electron chi connectivity index (χ2n) is 3.53. The lowest BCUT2D eigenvalue weighted by Gasteiger charge is -2.03. The number of hydrogen-bond acceptors (Lipinski definition) is 5. The summed E-state index contributed by atoms with van der Waals surface area (Å²) in [7, 11) is 0. The number of halogens is 1. The lowest BCUT2D eigenvalue weighted by atomic mass is 10.2. The quantitative estimate of drug-likeness (QED) is 0.904. The summed E-state index contributed by atoms with van der Waals surface area (Å²) in [6.07, 6.45) is 0. The van der Waals surface area contributed by atoms with Crippen LogP contribution >= 0.6 is 0 Å². The average molecular weight is 262 g/mol. The van der Waals surface area contributed by atoms with Crippen molar-refractivity contribution in [1.82, 2.24) is 5.16 Å². The van der Waals surface area contributed by atoms with Crippen molar-refractivity contribution in [1.29, 1.82) is 5.26 Å². The van der Waals surface area contributed by atoms with E-state index >= 15 is 0 Å². The highest BCUT2D eigenvalue weighted by Crippen LogP contribution is 2.17. The molecule has 0 aliphatic rings. The molecule has 0 spiro atoms. The highest BCUT2D eigenvalue weighted by molar-refractivity contribution is 5.85. The fourth-order valence-corrected chi connectivity index (χ4v) is 1.31. The Morgan fingerprint density at radius 1 is 1.53 bits per heavy atom. The Bertz CT molecular complexity index is 660. The van der Waals surface area contributed by atoms with Gasteiger partial charge in [0.05, 0.1) is 5.56 Å². The van der Waals surface area contributed by atoms with Gasteiger partial charge >= 0.3 is 5.97 Å². The Labute approximate surface area is 106 Å². The molecule has 0 bridgehead atoms. The summed E-state index contributed by atoms with van der Waals surface area (Å²) in [6.45, 7) is -0.0916. The van der Waals surface area contributed by atoms with E-state index in [2.05, 4.69) is 5.16 Å². The van der Waals surface area contributed by atoms with Crippen LogP contribution in [-0.4, -0.2) is 16.2 Å². The molecule has 2 aromatic rings. The molecular formula is C12H7FN2O4. The third-order valence-corrected chi connectivity index (χ3v) is 2.22. The molecule has 0 aliphatic heterocycles. The number of hydrogen-bond donors (Lipinski definition) is 1. The number of carboxylic acids is 1. The van der Waals surface area contributed by atoms with Crippen LogP contribution in [0.4, 0.5) is 4.39 Å². The van der Waals surface area contributed by atoms with Gasteiger partial charge in [0.25, 0.3) is 0 Å². The molecule has 0 saturated carbocycles. The van der Waals surface area contributed by atoms with Gasteiger partial charge in [0.2, 0.25) is 0 Å². The van der Waals surface area contributed by atoms with E-state index in [9.17, 15) is 9.18 Å². The van der Waals surface area contributed by atoms with E-state index in [4.69, 9.17) is 19.6 Å². The van der Waals surface area contributed by atoms with E-state index in [0.717, 1.165) is 6.07 Å². The first-order valence-corrected chi connectivity index (χ1v) is 5.11. The van der Waals surface area contributed by atoms with Crippen molar-refractivity contribution in [2.75, 3.05) is 0 Å². The van der Waals surface area contributed by atoms with Gasteiger partial charge < -0.3 is 14.4 Å². The summed E-state index contributed by atoms with van der Waals surface area (Å²) in [5.41, 5.74) is -0.315. The predicted octanol–water partition coefficient (Wildman–Crippen LogP) is 1.96. The number of rotatable bonds is 4. The monoisotopic (exact) mass is 262 g/mol. The normalized spacial score (nSPS) is 9.89. The average Bonchev–Trinajstić information content (AvgIpc) is 2.85. The van der Waals surface area contributed by atoms with Crippen LogP contribution in [0.15, 0.2) is 28.8 Å². The second kappa shape index (κ2) is 5.18. The first kappa shape index (κ1) is 12.6. The minimum atomic E-state index is -1.21. The van der Waals surface area contributed by atoms with Crippen molar-refractivity contribution in [3.63, 3.8) is 0 Å². The molecule has 0 radical (unpaired) electrons. The molecule has 0 atom stereocenters. The van der Waals surface area contributed by atoms with Gasteiger partial charge in [-0.1, -0.05) is 5.16 Å². The lowest BCUT2D eigenvalue weighted by Crippen LogP contribution is -1.96. The van der Waals surface area contributed by atoms with Gasteiger partial charge in [-0.15, -0.1) is 0 Å². The molecule has 19 heavy (non-hydrogen) atoms. The van der Waals surface area contributed by atoms with Gasteiger partial charge in [0, 0.05) is 12.1 Å². The lowest BCUT2D eigenvalue weighted by molar-refractivity contribution is 0.0685. The zero-order chi connectivity index (χ0) is 13.8. The smallest absolute Gasteiger partial charge is 0.358 e. The number of benzene rings is 1. The Hall–Kier alpha value is -2.88. The molecule has 96 valence electrons. The first-order chi connectivity index (χ1) is 9.10. The molecule has 1 heterocycles. The highest BCUT2D eigenvalue weighted by atomic mass is 19.1. The maximum absolute atomic E-state index is 13.3. The summed E-state index contributed by atoms with van der Waals surface area (Å²) >= 11 is 0. The van der Waals surface area contributed by atoms with Crippen molar-refractivity contribution in [3.05, 3.63) is 47.1 Å². The molecule has 6 nitrogen and oxygen atoms in total. The Balaban J connectivity index is 2.04. The molecular weight excluding hydrogens is 255 g/mol. The number of nitriles is 1. The largest absolute Gasteiger partial charge is 0.485 e. The zero-order valence-electron chi connectivity index (χ0n) is 9.46. The molecule has 1 aromatic heterocycles. The molecule has 0 saturated heterocycles. The van der Waals surface area contributed by atoms with E-state index in [1.165, 1.54) is 18.2 Å². The predicted molar refractivity (Wildman–Crippen MR) is 58.9 cm³/mol. The number of nitrogens with zero attached hydrogens (tertiary/aromatic N) is 2. The van der Waals surface area contributed by atoms with E-state index in [1.54, 1.807) is 6.07 Å². The Morgan fingerprint density at radius 2 is 2.32 bits per heavy atom. The van der Waals surface area contributed by atoms with Crippen LogP contribution in [0.3, 0.4) is 0 Å². The van der Waals surface area contributed by atoms with Crippen molar-refractivity contribution in [2.45, 2.75) is 6.61 Å². The molecule has 0 unspecified atom stereocenters. The van der Waals surface area contributed by atoms with Gasteiger partial charge in [0.1, 0.15) is 24.2 Å². The second-order valence-corrected chi connectivity index (χ2v) is 3.53. The van der Waals surface area contributed by atoms with Crippen LogP contribution in [0, 0.1) is 17.1 Å². The standard InChI is InChI=1S/C12H7FN2O4/c13-10-3-8(2-1-7(10)5-14)18-6-9-4-11(12(16)17)15-19-9/h1-4H,6H2,(H,16,17). The number of aromatic nitrogens is 1. The van der Waals surface area contributed by atoms with Crippen LogP contribution in [0.25, 0.3) is 0 Å². The van der Waals surface area contributed by atoms with Crippen LogP contribution in [0.1, 0.15) is 21.8 Å². The van der Waals surface area contributed by atoms with Crippen molar-refractivity contribution < 1.29 is 23.6 Å². The maximum atomic E-state index is 13.3. The third kappa shape index (κ3) is 2.87. The zero-order valence-corrected chi connectivity index (χ0v) is 9.46. The molecule has 1 N–H and O–H groups in total. The minimum Gasteiger partial charge on any atom is -0.485 e. The van der Waals surface area contributed by atoms with Gasteiger partial charge in [0.15, 0.2) is 11.5 Å². The summed E-state index contributed by atoms with van der Waals surface area (Å²) in [5.74, 6) is -1.50. The first-order valence-electron chi connectivity index (χ1n) is 5.11. The van der Waals surface area contributed by atoms with Crippen LogP contribution in [-0.2, 0) is 6.61 Å². The summed E-state index contributed by atoms with van der Waals surface area (Å²) in [6, 6.07) is 6.67. The molecule has 7 heteroatoms. The topological polar surface area (TPSA) is 96.3 Å². The van der Waals surface area contributed by atoms with Gasteiger partial charge in [-0.2, -0.15) is 5.26 Å². The summed E-state index contributed by atoms with van der Waals surface area (Å²) in [5, 5.41) is 20.5. The number of carbonyl (C=O) groups is 1. The third-order valence-electron chi connectivity index (χ3n) is 2.22. The SMILES string of the molecule is N#Cc1ccc(OCc2cc(C(=O)O)no2)cc1F.